The Balaban J connectivity index is 1.72. The predicted octanol–water partition coefficient (Wildman–Crippen LogP) is 5.64. The molecule has 1 aliphatic heterocycles. The number of esters is 1. The smallest absolute Gasteiger partial charge is 0.338 e. The number of unbranched alkanes of at least 4 members (excludes halogenated alkanes) is 1. The van der Waals surface area contributed by atoms with E-state index in [9.17, 15) is 19.5 Å². The van der Waals surface area contributed by atoms with Gasteiger partial charge in [0.1, 0.15) is 5.25 Å². The number of amidine groups is 1. The maximum absolute atomic E-state index is 13.1. The lowest BCUT2D eigenvalue weighted by atomic mass is 10.2. The highest BCUT2D eigenvalue weighted by molar-refractivity contribution is 8.15. The number of aromatic hydroxyl groups is 1. The average Bonchev–Trinajstić information content (AvgIpc) is 3.10. The summed E-state index contributed by atoms with van der Waals surface area (Å²) in [5.41, 5.74) is 1.28. The van der Waals surface area contributed by atoms with E-state index in [1.54, 1.807) is 36.1 Å². The number of nitrogens with one attached hydrogen (secondary N) is 1. The zero-order valence-electron chi connectivity index (χ0n) is 19.2. The van der Waals surface area contributed by atoms with E-state index in [0.29, 0.717) is 28.7 Å². The lowest BCUT2D eigenvalue weighted by molar-refractivity contribution is -0.128. The molecule has 0 aliphatic carbocycles. The van der Waals surface area contributed by atoms with Crippen LogP contribution in [0, 0.1) is 0 Å². The van der Waals surface area contributed by atoms with Gasteiger partial charge in [-0.1, -0.05) is 48.3 Å². The molecule has 1 aliphatic rings. The lowest BCUT2D eigenvalue weighted by Crippen LogP contribution is -2.34. The van der Waals surface area contributed by atoms with Crippen molar-refractivity contribution in [2.24, 2.45) is 4.99 Å². The quantitative estimate of drug-likeness (QED) is 0.401. The van der Waals surface area contributed by atoms with Gasteiger partial charge >= 0.3 is 5.97 Å². The summed E-state index contributed by atoms with van der Waals surface area (Å²) in [6.07, 6.45) is 1.60. The van der Waals surface area contributed by atoms with Crippen LogP contribution >= 0.6 is 35.0 Å². The number of thioether (sulfide) groups is 1. The summed E-state index contributed by atoms with van der Waals surface area (Å²) in [7, 11) is 0. The highest BCUT2D eigenvalue weighted by atomic mass is 35.5. The number of halogens is 2. The number of benzene rings is 2. The number of ether oxygens (including phenoxy) is 1. The Morgan fingerprint density at radius 2 is 1.83 bits per heavy atom. The van der Waals surface area contributed by atoms with E-state index >= 15 is 0 Å². The summed E-state index contributed by atoms with van der Waals surface area (Å²) < 4.78 is 4.95. The van der Waals surface area contributed by atoms with Crippen LogP contribution in [0.5, 0.6) is 5.75 Å². The van der Waals surface area contributed by atoms with Gasteiger partial charge in [0.25, 0.3) is 0 Å². The molecule has 35 heavy (non-hydrogen) atoms. The highest BCUT2D eigenvalue weighted by Crippen LogP contribution is 2.38. The van der Waals surface area contributed by atoms with Gasteiger partial charge in [0.15, 0.2) is 10.9 Å². The molecule has 1 unspecified atom stereocenters. The molecule has 3 rings (SSSR count). The summed E-state index contributed by atoms with van der Waals surface area (Å²) in [5, 5.41) is 12.4. The van der Waals surface area contributed by atoms with Crippen LogP contribution in [-0.4, -0.2) is 51.4 Å². The number of carbonyl (C=O) groups excluding carboxylic acids is 3. The van der Waals surface area contributed by atoms with Crippen LogP contribution in [0.1, 0.15) is 43.5 Å². The second-order valence-electron chi connectivity index (χ2n) is 7.65. The van der Waals surface area contributed by atoms with Gasteiger partial charge in [0.05, 0.1) is 27.9 Å². The molecule has 1 saturated heterocycles. The number of nitrogens with zero attached hydrogens (tertiary/aromatic N) is 2. The Morgan fingerprint density at radius 3 is 2.43 bits per heavy atom. The molecule has 1 atom stereocenters. The highest BCUT2D eigenvalue weighted by Gasteiger charge is 2.38. The number of phenolic OH excluding ortho intramolecular Hbond substituents is 1. The Labute approximate surface area is 217 Å². The lowest BCUT2D eigenvalue weighted by Gasteiger charge is -2.16. The zero-order chi connectivity index (χ0) is 25.5. The SMILES string of the molecule is CCCCN1C(=O)C(CC(=O)Nc2ccc(C(=O)OCC)cc2)SC1=Nc1cc(Cl)c(O)c(Cl)c1. The number of hydrogen-bond acceptors (Lipinski definition) is 7. The standard InChI is InChI=1S/C24H25Cl2N3O5S/c1-3-5-10-29-22(32)19(35-24(29)28-16-11-17(25)21(31)18(26)12-16)13-20(30)27-15-8-6-14(7-9-15)23(33)34-4-2/h6-9,11-12,19,31H,3-5,10,13H2,1-2H3,(H,27,30). The number of amides is 2. The van der Waals surface area contributed by atoms with Crippen LogP contribution in [0.3, 0.4) is 0 Å². The van der Waals surface area contributed by atoms with Crippen LogP contribution in [0.25, 0.3) is 0 Å². The second kappa shape index (κ2) is 12.3. The third-order valence-electron chi connectivity index (χ3n) is 5.03. The first kappa shape index (κ1) is 26.8. The number of phenols is 1. The van der Waals surface area contributed by atoms with Gasteiger partial charge < -0.3 is 15.2 Å². The monoisotopic (exact) mass is 537 g/mol. The largest absolute Gasteiger partial charge is 0.505 e. The molecule has 2 amide bonds. The molecule has 11 heteroatoms. The van der Waals surface area contributed by atoms with Gasteiger partial charge in [-0.05, 0) is 49.7 Å². The van der Waals surface area contributed by atoms with E-state index in [1.165, 1.54) is 23.9 Å². The van der Waals surface area contributed by atoms with Crippen molar-refractivity contribution in [1.29, 1.82) is 0 Å². The van der Waals surface area contributed by atoms with Gasteiger partial charge in [-0.2, -0.15) is 0 Å². The fourth-order valence-electron chi connectivity index (χ4n) is 3.26. The van der Waals surface area contributed by atoms with Crippen LogP contribution in [0.4, 0.5) is 11.4 Å². The summed E-state index contributed by atoms with van der Waals surface area (Å²) in [5.74, 6) is -1.22. The molecular weight excluding hydrogens is 513 g/mol. The van der Waals surface area contributed by atoms with Crippen molar-refractivity contribution >= 4 is 69.3 Å². The Morgan fingerprint density at radius 1 is 1.17 bits per heavy atom. The average molecular weight is 538 g/mol. The molecule has 2 aromatic rings. The predicted molar refractivity (Wildman–Crippen MR) is 139 cm³/mol. The maximum Gasteiger partial charge on any atom is 0.338 e. The first-order valence-electron chi connectivity index (χ1n) is 11.0. The van der Waals surface area contributed by atoms with Crippen molar-refractivity contribution in [3.05, 3.63) is 52.0 Å². The molecule has 0 aromatic heterocycles. The molecule has 1 heterocycles. The molecule has 2 N–H and O–H groups in total. The molecule has 8 nitrogen and oxygen atoms in total. The molecular formula is C24H25Cl2N3O5S. The van der Waals surface area contributed by atoms with Crippen LogP contribution in [-0.2, 0) is 14.3 Å². The third kappa shape index (κ3) is 6.90. The number of hydrogen-bond donors (Lipinski definition) is 2. The van der Waals surface area contributed by atoms with E-state index in [1.807, 2.05) is 6.92 Å². The number of anilines is 1. The molecule has 0 saturated carbocycles. The van der Waals surface area contributed by atoms with Gasteiger partial charge in [0, 0.05) is 18.7 Å². The van der Waals surface area contributed by atoms with Crippen molar-refractivity contribution in [2.75, 3.05) is 18.5 Å². The topological polar surface area (TPSA) is 108 Å². The second-order valence-corrected chi connectivity index (χ2v) is 9.64. The minimum Gasteiger partial charge on any atom is -0.505 e. The summed E-state index contributed by atoms with van der Waals surface area (Å²) in [4.78, 5) is 43.6. The maximum atomic E-state index is 13.1. The van der Waals surface area contributed by atoms with Crippen molar-refractivity contribution in [3.63, 3.8) is 0 Å². The number of aliphatic imine (C=N–C) groups is 1. The fraction of sp³-hybridized carbons (Fsp3) is 0.333. The summed E-state index contributed by atoms with van der Waals surface area (Å²) in [6.45, 7) is 4.48. The van der Waals surface area contributed by atoms with Crippen molar-refractivity contribution < 1.29 is 24.2 Å². The van der Waals surface area contributed by atoms with E-state index < -0.39 is 11.2 Å². The molecule has 0 radical (unpaired) electrons. The molecule has 186 valence electrons. The van der Waals surface area contributed by atoms with Crippen LogP contribution < -0.4 is 5.32 Å². The van der Waals surface area contributed by atoms with E-state index in [-0.39, 0.29) is 40.6 Å². The number of rotatable bonds is 9. The fourth-order valence-corrected chi connectivity index (χ4v) is 4.92. The summed E-state index contributed by atoms with van der Waals surface area (Å²) >= 11 is 13.2. The van der Waals surface area contributed by atoms with Gasteiger partial charge in [0.2, 0.25) is 11.8 Å². The minimum absolute atomic E-state index is 0.0520. The minimum atomic E-state index is -0.646. The van der Waals surface area contributed by atoms with Gasteiger partial charge in [-0.25, -0.2) is 9.79 Å². The summed E-state index contributed by atoms with van der Waals surface area (Å²) in [6, 6.07) is 9.25. The van der Waals surface area contributed by atoms with Crippen molar-refractivity contribution in [2.45, 2.75) is 38.4 Å². The molecule has 0 spiro atoms. The Bertz CT molecular complexity index is 1120. The third-order valence-corrected chi connectivity index (χ3v) is 6.78. The molecule has 2 aromatic carbocycles. The van der Waals surface area contributed by atoms with E-state index in [4.69, 9.17) is 27.9 Å². The van der Waals surface area contributed by atoms with Crippen LogP contribution in [0.15, 0.2) is 41.4 Å². The van der Waals surface area contributed by atoms with Gasteiger partial charge in [-0.3, -0.25) is 14.5 Å². The Hall–Kier alpha value is -2.75. The normalized spacial score (nSPS) is 16.6. The molecule has 1 fully saturated rings. The van der Waals surface area contributed by atoms with Crippen molar-refractivity contribution in [3.8, 4) is 5.75 Å². The first-order chi connectivity index (χ1) is 16.7. The van der Waals surface area contributed by atoms with E-state index in [2.05, 4.69) is 10.3 Å². The first-order valence-corrected chi connectivity index (χ1v) is 12.7. The van der Waals surface area contributed by atoms with Gasteiger partial charge in [-0.15, -0.1) is 0 Å². The Kier molecular flexibility index (Phi) is 9.42. The zero-order valence-corrected chi connectivity index (χ0v) is 21.5. The van der Waals surface area contributed by atoms with Crippen LogP contribution in [0.2, 0.25) is 10.0 Å². The number of carbonyl (C=O) groups is 3. The molecule has 0 bridgehead atoms. The van der Waals surface area contributed by atoms with E-state index in [0.717, 1.165) is 12.8 Å². The van der Waals surface area contributed by atoms with Crippen molar-refractivity contribution in [1.82, 2.24) is 4.90 Å².